The van der Waals surface area contributed by atoms with Crippen molar-refractivity contribution in [3.63, 3.8) is 0 Å². The highest BCUT2D eigenvalue weighted by molar-refractivity contribution is 5.33. The second-order valence-electron chi connectivity index (χ2n) is 4.75. The summed E-state index contributed by atoms with van der Waals surface area (Å²) < 4.78 is 0. The first-order valence-corrected chi connectivity index (χ1v) is 6.58. The van der Waals surface area contributed by atoms with Gasteiger partial charge in [-0.3, -0.25) is 4.98 Å². The molecule has 0 radical (unpaired) electrons. The summed E-state index contributed by atoms with van der Waals surface area (Å²) in [6.07, 6.45) is 1.93. The van der Waals surface area contributed by atoms with E-state index in [1.807, 2.05) is 33.0 Å². The van der Waals surface area contributed by atoms with Crippen LogP contribution in [-0.2, 0) is 0 Å². The molecule has 2 aromatic heterocycles. The molecule has 2 heterocycles. The number of rotatable bonds is 4. The van der Waals surface area contributed by atoms with Crippen LogP contribution in [0.5, 0.6) is 0 Å². The normalized spacial score (nSPS) is 12.4. The fourth-order valence-electron chi connectivity index (χ4n) is 2.12. The molecule has 0 aliphatic carbocycles. The highest BCUT2D eigenvalue weighted by atomic mass is 15.1. The Labute approximate surface area is 114 Å². The van der Waals surface area contributed by atoms with E-state index in [4.69, 9.17) is 0 Å². The monoisotopic (exact) mass is 256 g/mol. The number of hydrogen-bond donors (Lipinski definition) is 1. The van der Waals surface area contributed by atoms with Crippen molar-refractivity contribution >= 4 is 0 Å². The molecule has 2 aromatic rings. The van der Waals surface area contributed by atoms with Crippen LogP contribution in [0, 0.1) is 20.8 Å². The zero-order chi connectivity index (χ0) is 13.8. The van der Waals surface area contributed by atoms with E-state index >= 15 is 0 Å². The van der Waals surface area contributed by atoms with Crippen molar-refractivity contribution in [1.82, 2.24) is 20.5 Å². The van der Waals surface area contributed by atoms with Gasteiger partial charge in [-0.1, -0.05) is 13.0 Å². The molecule has 0 bridgehead atoms. The summed E-state index contributed by atoms with van der Waals surface area (Å²) in [5, 5.41) is 11.8. The maximum Gasteiger partial charge on any atom is 0.0651 e. The number of nitrogens with one attached hydrogen (secondary N) is 1. The minimum Gasteiger partial charge on any atom is -0.306 e. The van der Waals surface area contributed by atoms with Gasteiger partial charge in [-0.2, -0.15) is 10.2 Å². The highest BCUT2D eigenvalue weighted by Gasteiger charge is 2.16. The van der Waals surface area contributed by atoms with Gasteiger partial charge in [-0.25, -0.2) is 0 Å². The zero-order valence-electron chi connectivity index (χ0n) is 11.9. The molecule has 1 N–H and O–H groups in total. The topological polar surface area (TPSA) is 50.7 Å². The van der Waals surface area contributed by atoms with Crippen molar-refractivity contribution < 1.29 is 0 Å². The lowest BCUT2D eigenvalue weighted by molar-refractivity contribution is 0.618. The Bertz CT molecular complexity index is 549. The predicted octanol–water partition coefficient (Wildman–Crippen LogP) is 2.50. The second kappa shape index (κ2) is 5.89. The van der Waals surface area contributed by atoms with E-state index in [1.165, 1.54) is 5.56 Å². The summed E-state index contributed by atoms with van der Waals surface area (Å²) in [7, 11) is 0. The van der Waals surface area contributed by atoms with Crippen LogP contribution in [0.1, 0.15) is 41.2 Å². The Hall–Kier alpha value is -1.81. The molecular formula is C15H20N4. The van der Waals surface area contributed by atoms with Crippen LogP contribution in [0.15, 0.2) is 24.4 Å². The molecule has 0 fully saturated rings. The molecule has 19 heavy (non-hydrogen) atoms. The molecule has 2 rings (SSSR count). The molecule has 0 saturated heterocycles. The summed E-state index contributed by atoms with van der Waals surface area (Å²) in [5.74, 6) is 0. The number of aryl methyl sites for hydroxylation is 3. The molecule has 0 saturated carbocycles. The van der Waals surface area contributed by atoms with Gasteiger partial charge in [0, 0.05) is 11.9 Å². The lowest BCUT2D eigenvalue weighted by Crippen LogP contribution is -2.23. The average Bonchev–Trinajstić information content (AvgIpc) is 2.40. The minimum atomic E-state index is 0.118. The van der Waals surface area contributed by atoms with E-state index in [0.717, 1.165) is 29.2 Å². The Kier molecular flexibility index (Phi) is 4.22. The first-order chi connectivity index (χ1) is 9.11. The summed E-state index contributed by atoms with van der Waals surface area (Å²) in [6, 6.07) is 6.36. The van der Waals surface area contributed by atoms with Crippen LogP contribution < -0.4 is 5.32 Å². The van der Waals surface area contributed by atoms with Crippen molar-refractivity contribution in [3.05, 3.63) is 52.6 Å². The van der Waals surface area contributed by atoms with Crippen molar-refractivity contribution in [2.45, 2.75) is 33.7 Å². The van der Waals surface area contributed by atoms with Gasteiger partial charge in [0.2, 0.25) is 0 Å². The molecule has 0 aromatic carbocycles. The summed E-state index contributed by atoms with van der Waals surface area (Å²) in [4.78, 5) is 4.38. The third-order valence-electron chi connectivity index (χ3n) is 3.13. The fraction of sp³-hybridized carbons (Fsp3) is 0.400. The van der Waals surface area contributed by atoms with Crippen molar-refractivity contribution in [1.29, 1.82) is 0 Å². The van der Waals surface area contributed by atoms with Gasteiger partial charge in [0.1, 0.15) is 0 Å². The molecule has 0 spiro atoms. The third-order valence-corrected chi connectivity index (χ3v) is 3.13. The Balaban J connectivity index is 2.44. The van der Waals surface area contributed by atoms with E-state index in [9.17, 15) is 0 Å². The maximum atomic E-state index is 4.38. The lowest BCUT2D eigenvalue weighted by atomic mass is 9.98. The molecular weight excluding hydrogens is 236 g/mol. The van der Waals surface area contributed by atoms with Gasteiger partial charge in [0.05, 0.1) is 17.4 Å². The molecule has 0 aliphatic rings. The third kappa shape index (κ3) is 3.15. The van der Waals surface area contributed by atoms with Crippen LogP contribution in [0.25, 0.3) is 0 Å². The van der Waals surface area contributed by atoms with Gasteiger partial charge in [-0.15, -0.1) is 0 Å². The van der Waals surface area contributed by atoms with E-state index < -0.39 is 0 Å². The Morgan fingerprint density at radius 3 is 2.53 bits per heavy atom. The van der Waals surface area contributed by atoms with E-state index in [-0.39, 0.29) is 6.04 Å². The molecule has 4 heteroatoms. The highest BCUT2D eigenvalue weighted by Crippen LogP contribution is 2.23. The summed E-state index contributed by atoms with van der Waals surface area (Å²) >= 11 is 0. The van der Waals surface area contributed by atoms with E-state index in [2.05, 4.69) is 39.6 Å². The van der Waals surface area contributed by atoms with Crippen LogP contribution in [-0.4, -0.2) is 21.7 Å². The Morgan fingerprint density at radius 2 is 1.89 bits per heavy atom. The van der Waals surface area contributed by atoms with Gasteiger partial charge >= 0.3 is 0 Å². The van der Waals surface area contributed by atoms with E-state index in [1.54, 1.807) is 0 Å². The average molecular weight is 256 g/mol. The van der Waals surface area contributed by atoms with Crippen LogP contribution in [0.2, 0.25) is 0 Å². The first kappa shape index (κ1) is 13.6. The minimum absolute atomic E-state index is 0.118. The standard InChI is InChI=1S/C15H20N4/c1-5-16-15(13-7-6-10(2)17-9-13)14-8-11(3)18-19-12(14)4/h6-9,15-16H,5H2,1-4H3. The van der Waals surface area contributed by atoms with Crippen molar-refractivity contribution in [2.24, 2.45) is 0 Å². The Morgan fingerprint density at radius 1 is 1.11 bits per heavy atom. The van der Waals surface area contributed by atoms with Gasteiger partial charge in [0.25, 0.3) is 0 Å². The first-order valence-electron chi connectivity index (χ1n) is 6.58. The van der Waals surface area contributed by atoms with E-state index in [0.29, 0.717) is 0 Å². The second-order valence-corrected chi connectivity index (χ2v) is 4.75. The SMILES string of the molecule is CCNC(c1ccc(C)nc1)c1cc(C)nnc1C. The number of pyridine rings is 1. The molecule has 1 unspecified atom stereocenters. The maximum absolute atomic E-state index is 4.38. The fourth-order valence-corrected chi connectivity index (χ4v) is 2.12. The van der Waals surface area contributed by atoms with Gasteiger partial charge in [0.15, 0.2) is 0 Å². The number of hydrogen-bond acceptors (Lipinski definition) is 4. The molecule has 100 valence electrons. The van der Waals surface area contributed by atoms with Crippen molar-refractivity contribution in [2.75, 3.05) is 6.54 Å². The molecule has 1 atom stereocenters. The lowest BCUT2D eigenvalue weighted by Gasteiger charge is -2.20. The van der Waals surface area contributed by atoms with Crippen LogP contribution in [0.4, 0.5) is 0 Å². The predicted molar refractivity (Wildman–Crippen MR) is 76.0 cm³/mol. The summed E-state index contributed by atoms with van der Waals surface area (Å²) in [6.45, 7) is 8.94. The smallest absolute Gasteiger partial charge is 0.0651 e. The molecule has 4 nitrogen and oxygen atoms in total. The number of nitrogens with zero attached hydrogens (tertiary/aromatic N) is 3. The van der Waals surface area contributed by atoms with Gasteiger partial charge in [-0.05, 0) is 50.6 Å². The quantitative estimate of drug-likeness (QED) is 0.913. The zero-order valence-corrected chi connectivity index (χ0v) is 11.9. The van der Waals surface area contributed by atoms with Crippen LogP contribution >= 0.6 is 0 Å². The summed E-state index contributed by atoms with van der Waals surface area (Å²) in [5.41, 5.74) is 5.24. The van der Waals surface area contributed by atoms with Crippen LogP contribution in [0.3, 0.4) is 0 Å². The molecule has 0 aliphatic heterocycles. The van der Waals surface area contributed by atoms with Crippen molar-refractivity contribution in [3.8, 4) is 0 Å². The molecule has 0 amide bonds. The number of aromatic nitrogens is 3. The largest absolute Gasteiger partial charge is 0.306 e. The van der Waals surface area contributed by atoms with Gasteiger partial charge < -0.3 is 5.32 Å².